The molecular formula is C14H18FNO2. The molecule has 0 aromatic heterocycles. The zero-order valence-corrected chi connectivity index (χ0v) is 10.5. The molecule has 3 nitrogen and oxygen atoms in total. The first-order valence-electron chi connectivity index (χ1n) is 6.52. The Kier molecular flexibility index (Phi) is 2.99. The molecule has 0 saturated carbocycles. The van der Waals surface area contributed by atoms with Gasteiger partial charge in [-0.05, 0) is 31.9 Å². The minimum absolute atomic E-state index is 0.258. The lowest BCUT2D eigenvalue weighted by molar-refractivity contribution is 0.0302. The van der Waals surface area contributed by atoms with Gasteiger partial charge in [0.05, 0.1) is 18.3 Å². The molecule has 0 aliphatic carbocycles. The van der Waals surface area contributed by atoms with Crippen LogP contribution in [0.5, 0.6) is 0 Å². The van der Waals surface area contributed by atoms with Gasteiger partial charge < -0.3 is 14.7 Å². The van der Waals surface area contributed by atoms with Gasteiger partial charge in [0.25, 0.3) is 0 Å². The fourth-order valence-electron chi connectivity index (χ4n) is 3.03. The highest BCUT2D eigenvalue weighted by molar-refractivity contribution is 5.56. The Morgan fingerprint density at radius 1 is 1.33 bits per heavy atom. The van der Waals surface area contributed by atoms with E-state index < -0.39 is 6.10 Å². The number of hydrogen-bond donors (Lipinski definition) is 1. The van der Waals surface area contributed by atoms with Crippen LogP contribution in [0, 0.1) is 5.82 Å². The van der Waals surface area contributed by atoms with Crippen molar-refractivity contribution >= 4 is 5.69 Å². The summed E-state index contributed by atoms with van der Waals surface area (Å²) in [5.74, 6) is -0.332. The molecule has 1 aromatic rings. The third-order valence-electron chi connectivity index (χ3n) is 3.83. The number of hydrogen-bond acceptors (Lipinski definition) is 3. The maximum atomic E-state index is 13.8. The van der Waals surface area contributed by atoms with Gasteiger partial charge in [0, 0.05) is 24.3 Å². The highest BCUT2D eigenvalue weighted by atomic mass is 19.1. The molecule has 2 unspecified atom stereocenters. The van der Waals surface area contributed by atoms with Crippen molar-refractivity contribution in [3.05, 3.63) is 29.6 Å². The molecule has 98 valence electrons. The Bertz CT molecular complexity index is 437. The normalized spacial score (nSPS) is 28.5. The summed E-state index contributed by atoms with van der Waals surface area (Å²) in [4.78, 5) is 2.15. The lowest BCUT2D eigenvalue weighted by Crippen LogP contribution is -2.43. The van der Waals surface area contributed by atoms with E-state index in [1.807, 2.05) is 6.07 Å². The fourth-order valence-corrected chi connectivity index (χ4v) is 3.03. The first-order chi connectivity index (χ1) is 8.65. The summed E-state index contributed by atoms with van der Waals surface area (Å²) in [6.45, 7) is 3.19. The molecule has 4 heteroatoms. The predicted molar refractivity (Wildman–Crippen MR) is 67.1 cm³/mol. The number of halogens is 1. The summed E-state index contributed by atoms with van der Waals surface area (Å²) in [6, 6.07) is 4.99. The number of benzene rings is 1. The number of rotatable bonds is 2. The summed E-state index contributed by atoms with van der Waals surface area (Å²) in [6.07, 6.45) is 1.89. The van der Waals surface area contributed by atoms with E-state index in [-0.39, 0.29) is 18.0 Å². The number of anilines is 1. The zero-order chi connectivity index (χ0) is 12.7. The smallest absolute Gasteiger partial charge is 0.131 e. The Morgan fingerprint density at radius 3 is 2.61 bits per heavy atom. The maximum absolute atomic E-state index is 13.8. The van der Waals surface area contributed by atoms with Gasteiger partial charge in [-0.15, -0.1) is 0 Å². The molecule has 18 heavy (non-hydrogen) atoms. The van der Waals surface area contributed by atoms with Gasteiger partial charge in [-0.25, -0.2) is 4.39 Å². The Labute approximate surface area is 106 Å². The highest BCUT2D eigenvalue weighted by Crippen LogP contribution is 2.34. The average Bonchev–Trinajstić information content (AvgIpc) is 2.67. The van der Waals surface area contributed by atoms with Crippen molar-refractivity contribution in [3.8, 4) is 0 Å². The average molecular weight is 251 g/mol. The topological polar surface area (TPSA) is 32.7 Å². The lowest BCUT2D eigenvalue weighted by Gasteiger charge is -2.35. The number of ether oxygens (including phenoxy) is 1. The third kappa shape index (κ3) is 1.99. The molecule has 1 N–H and O–H groups in total. The molecule has 2 bridgehead atoms. The van der Waals surface area contributed by atoms with Crippen LogP contribution in [0.15, 0.2) is 18.2 Å². The molecular weight excluding hydrogens is 233 g/mol. The summed E-state index contributed by atoms with van der Waals surface area (Å²) in [5, 5.41) is 9.77. The van der Waals surface area contributed by atoms with Crippen LogP contribution in [-0.4, -0.2) is 30.4 Å². The molecule has 0 spiro atoms. The van der Waals surface area contributed by atoms with E-state index >= 15 is 0 Å². The second-order valence-electron chi connectivity index (χ2n) is 5.21. The van der Waals surface area contributed by atoms with Crippen LogP contribution in [0.2, 0.25) is 0 Å². The highest BCUT2D eigenvalue weighted by Gasteiger charge is 2.35. The van der Waals surface area contributed by atoms with E-state index in [0.29, 0.717) is 5.56 Å². The summed E-state index contributed by atoms with van der Waals surface area (Å²) < 4.78 is 19.6. The first-order valence-corrected chi connectivity index (χ1v) is 6.52. The molecule has 2 aliphatic rings. The van der Waals surface area contributed by atoms with Crippen molar-refractivity contribution in [2.24, 2.45) is 0 Å². The number of morpholine rings is 1. The predicted octanol–water partition coefficient (Wildman–Crippen LogP) is 2.25. The van der Waals surface area contributed by atoms with Gasteiger partial charge in [-0.1, -0.05) is 6.07 Å². The monoisotopic (exact) mass is 251 g/mol. The second kappa shape index (κ2) is 4.52. The van der Waals surface area contributed by atoms with Crippen molar-refractivity contribution < 1.29 is 14.2 Å². The van der Waals surface area contributed by atoms with Crippen molar-refractivity contribution in [2.45, 2.75) is 38.1 Å². The Balaban J connectivity index is 1.94. The van der Waals surface area contributed by atoms with Gasteiger partial charge >= 0.3 is 0 Å². The van der Waals surface area contributed by atoms with Gasteiger partial charge in [-0.2, -0.15) is 0 Å². The van der Waals surface area contributed by atoms with Crippen LogP contribution in [0.25, 0.3) is 0 Å². The van der Waals surface area contributed by atoms with Crippen LogP contribution in [0.1, 0.15) is 31.4 Å². The van der Waals surface area contributed by atoms with Crippen LogP contribution in [0.3, 0.4) is 0 Å². The van der Waals surface area contributed by atoms with E-state index in [1.165, 1.54) is 6.07 Å². The van der Waals surface area contributed by atoms with E-state index in [9.17, 15) is 9.50 Å². The molecule has 1 aromatic carbocycles. The number of nitrogens with zero attached hydrogens (tertiary/aromatic N) is 1. The summed E-state index contributed by atoms with van der Waals surface area (Å²) in [7, 11) is 0. The second-order valence-corrected chi connectivity index (χ2v) is 5.21. The molecule has 0 radical (unpaired) electrons. The van der Waals surface area contributed by atoms with Gasteiger partial charge in [0.2, 0.25) is 0 Å². The number of aliphatic hydroxyl groups is 1. The van der Waals surface area contributed by atoms with Crippen LogP contribution in [0.4, 0.5) is 10.1 Å². The van der Waals surface area contributed by atoms with Crippen molar-refractivity contribution in [1.82, 2.24) is 0 Å². The van der Waals surface area contributed by atoms with Gasteiger partial charge in [0.1, 0.15) is 5.82 Å². The first kappa shape index (κ1) is 11.9. The quantitative estimate of drug-likeness (QED) is 0.875. The number of fused-ring (bicyclic) bond motifs is 2. The fraction of sp³-hybridized carbons (Fsp3) is 0.571. The van der Waals surface area contributed by atoms with Crippen LogP contribution < -0.4 is 4.90 Å². The summed E-state index contributed by atoms with van der Waals surface area (Å²) >= 11 is 0. The molecule has 2 aliphatic heterocycles. The van der Waals surface area contributed by atoms with Gasteiger partial charge in [-0.3, -0.25) is 0 Å². The SMILES string of the molecule is C[C@H](O)c1c(F)cccc1N1CC2CCC(C1)O2. The Hall–Kier alpha value is -1.13. The van der Waals surface area contributed by atoms with Crippen LogP contribution >= 0.6 is 0 Å². The molecule has 2 saturated heterocycles. The molecule has 2 fully saturated rings. The number of aliphatic hydroxyl groups excluding tert-OH is 1. The molecule has 3 atom stereocenters. The standard InChI is InChI=1S/C14H18FNO2/c1-9(17)14-12(15)3-2-4-13(14)16-7-10-5-6-11(8-16)18-10/h2-4,9-11,17H,5-8H2,1H3/t9-,10?,11?/m0/s1. The Morgan fingerprint density at radius 2 is 2.00 bits per heavy atom. The minimum Gasteiger partial charge on any atom is -0.389 e. The van der Waals surface area contributed by atoms with Crippen molar-refractivity contribution in [1.29, 1.82) is 0 Å². The maximum Gasteiger partial charge on any atom is 0.131 e. The van der Waals surface area contributed by atoms with E-state index in [0.717, 1.165) is 31.6 Å². The van der Waals surface area contributed by atoms with Gasteiger partial charge in [0.15, 0.2) is 0 Å². The van der Waals surface area contributed by atoms with E-state index in [1.54, 1.807) is 13.0 Å². The largest absolute Gasteiger partial charge is 0.389 e. The molecule has 2 heterocycles. The lowest BCUT2D eigenvalue weighted by atomic mass is 10.1. The van der Waals surface area contributed by atoms with Crippen molar-refractivity contribution in [3.63, 3.8) is 0 Å². The van der Waals surface area contributed by atoms with E-state index in [2.05, 4.69) is 4.90 Å². The van der Waals surface area contributed by atoms with E-state index in [4.69, 9.17) is 4.74 Å². The third-order valence-corrected chi connectivity index (χ3v) is 3.83. The molecule has 0 amide bonds. The van der Waals surface area contributed by atoms with Crippen molar-refractivity contribution in [2.75, 3.05) is 18.0 Å². The zero-order valence-electron chi connectivity index (χ0n) is 10.5. The van der Waals surface area contributed by atoms with Crippen LogP contribution in [-0.2, 0) is 4.74 Å². The summed E-state index contributed by atoms with van der Waals surface area (Å²) in [5.41, 5.74) is 1.21. The molecule has 3 rings (SSSR count). The minimum atomic E-state index is -0.790.